The fourth-order valence-corrected chi connectivity index (χ4v) is 4.25. The molecule has 0 spiro atoms. The molecule has 1 saturated carbocycles. The van der Waals surface area contributed by atoms with Crippen molar-refractivity contribution in [3.8, 4) is 0 Å². The summed E-state index contributed by atoms with van der Waals surface area (Å²) in [6.45, 7) is 5.24. The highest BCUT2D eigenvalue weighted by Gasteiger charge is 2.37. The molecule has 0 unspecified atom stereocenters. The molecule has 3 N–H and O–H groups in total. The van der Waals surface area contributed by atoms with E-state index in [1.807, 2.05) is 0 Å². The van der Waals surface area contributed by atoms with Crippen molar-refractivity contribution in [1.29, 1.82) is 0 Å². The van der Waals surface area contributed by atoms with Crippen molar-refractivity contribution in [3.05, 3.63) is 34.7 Å². The Labute approximate surface area is 197 Å². The molecule has 1 aromatic carbocycles. The van der Waals surface area contributed by atoms with Gasteiger partial charge in [0.15, 0.2) is 5.82 Å². The summed E-state index contributed by atoms with van der Waals surface area (Å²) in [4.78, 5) is 42.2. The van der Waals surface area contributed by atoms with Gasteiger partial charge in [-0.1, -0.05) is 11.6 Å². The van der Waals surface area contributed by atoms with Crippen LogP contribution in [-0.2, 0) is 9.53 Å². The van der Waals surface area contributed by atoms with Gasteiger partial charge in [0.25, 0.3) is 5.91 Å². The zero-order valence-electron chi connectivity index (χ0n) is 19.4. The smallest absolute Gasteiger partial charge is 0.407 e. The SMILES string of the molecule is CN(C)C(=O)[C@H]1CC[C@H](NC(=O)c2[nH]c3ccc(Cl)cc3c2F)[C@H](NC(=O)OC(C)(C)C)C1. The average Bonchev–Trinajstić information content (AvgIpc) is 3.03. The molecule has 3 atom stereocenters. The van der Waals surface area contributed by atoms with Gasteiger partial charge in [0.05, 0.1) is 6.04 Å². The van der Waals surface area contributed by atoms with Crippen molar-refractivity contribution in [2.24, 2.45) is 5.92 Å². The number of ether oxygens (including phenoxy) is 1. The van der Waals surface area contributed by atoms with E-state index in [1.165, 1.54) is 11.0 Å². The van der Waals surface area contributed by atoms with E-state index < -0.39 is 35.5 Å². The third-order valence-corrected chi connectivity index (χ3v) is 5.82. The second-order valence-corrected chi connectivity index (χ2v) is 10.0. The van der Waals surface area contributed by atoms with Gasteiger partial charge in [0.1, 0.15) is 11.3 Å². The van der Waals surface area contributed by atoms with Crippen molar-refractivity contribution < 1.29 is 23.5 Å². The van der Waals surface area contributed by atoms with Crippen LogP contribution >= 0.6 is 11.6 Å². The van der Waals surface area contributed by atoms with Gasteiger partial charge in [-0.3, -0.25) is 9.59 Å². The maximum absolute atomic E-state index is 14.9. The van der Waals surface area contributed by atoms with Gasteiger partial charge >= 0.3 is 6.09 Å². The molecule has 1 aliphatic rings. The molecule has 0 bridgehead atoms. The number of H-pyrrole nitrogens is 1. The lowest BCUT2D eigenvalue weighted by Crippen LogP contribution is -2.56. The highest BCUT2D eigenvalue weighted by Crippen LogP contribution is 2.28. The molecule has 180 valence electrons. The average molecular weight is 481 g/mol. The summed E-state index contributed by atoms with van der Waals surface area (Å²) in [5.41, 5.74) is -0.467. The number of carbonyl (C=O) groups is 3. The minimum atomic E-state index is -0.703. The number of halogens is 2. The van der Waals surface area contributed by atoms with Crippen LogP contribution in [0, 0.1) is 11.7 Å². The van der Waals surface area contributed by atoms with Crippen molar-refractivity contribution >= 4 is 40.4 Å². The second-order valence-electron chi connectivity index (χ2n) is 9.58. The van der Waals surface area contributed by atoms with Gasteiger partial charge in [-0.25, -0.2) is 9.18 Å². The molecule has 3 amide bonds. The van der Waals surface area contributed by atoms with E-state index in [9.17, 15) is 18.8 Å². The summed E-state index contributed by atoms with van der Waals surface area (Å²) < 4.78 is 20.2. The standard InChI is InChI=1S/C23H30ClFN4O4/c1-23(2,3)33-22(32)28-17-10-12(21(31)29(4)5)6-8-16(17)27-20(30)19-18(25)14-11-13(24)7-9-15(14)26-19/h7,9,11-12,16-17,26H,6,8,10H2,1-5H3,(H,27,30)(H,28,32)/t12-,16-,17+/m0/s1. The number of benzene rings is 1. The molecule has 1 fully saturated rings. The normalized spacial score (nSPS) is 20.9. The molecule has 0 radical (unpaired) electrons. The minimum absolute atomic E-state index is 0.0469. The van der Waals surface area contributed by atoms with Crippen LogP contribution in [0.2, 0.25) is 5.02 Å². The van der Waals surface area contributed by atoms with Crippen LogP contribution in [0.25, 0.3) is 10.9 Å². The Bertz CT molecular complexity index is 1060. The summed E-state index contributed by atoms with van der Waals surface area (Å²) in [7, 11) is 3.36. The monoisotopic (exact) mass is 480 g/mol. The molecule has 1 heterocycles. The molecule has 0 saturated heterocycles. The number of aromatic nitrogens is 1. The van der Waals surface area contributed by atoms with E-state index in [4.69, 9.17) is 16.3 Å². The third-order valence-electron chi connectivity index (χ3n) is 5.58. The van der Waals surface area contributed by atoms with Crippen molar-refractivity contribution in [1.82, 2.24) is 20.5 Å². The molecule has 33 heavy (non-hydrogen) atoms. The molecule has 1 aliphatic carbocycles. The number of fused-ring (bicyclic) bond motifs is 1. The maximum Gasteiger partial charge on any atom is 0.407 e. The predicted octanol–water partition coefficient (Wildman–Crippen LogP) is 3.84. The highest BCUT2D eigenvalue weighted by molar-refractivity contribution is 6.31. The first-order valence-corrected chi connectivity index (χ1v) is 11.2. The zero-order chi connectivity index (χ0) is 24.5. The highest BCUT2D eigenvalue weighted by atomic mass is 35.5. The van der Waals surface area contributed by atoms with Crippen LogP contribution in [-0.4, -0.2) is 59.6 Å². The van der Waals surface area contributed by atoms with Crippen molar-refractivity contribution in [2.45, 2.75) is 57.7 Å². The van der Waals surface area contributed by atoms with Gasteiger partial charge in [-0.15, -0.1) is 0 Å². The van der Waals surface area contributed by atoms with E-state index in [1.54, 1.807) is 47.0 Å². The number of nitrogens with zero attached hydrogens (tertiary/aromatic N) is 1. The molecule has 0 aliphatic heterocycles. The van der Waals surface area contributed by atoms with Crippen molar-refractivity contribution in [3.63, 3.8) is 0 Å². The molecule has 10 heteroatoms. The fourth-order valence-electron chi connectivity index (χ4n) is 4.08. The quantitative estimate of drug-likeness (QED) is 0.618. The Hall–Kier alpha value is -2.81. The number of rotatable bonds is 4. The van der Waals surface area contributed by atoms with E-state index >= 15 is 0 Å². The molecule has 1 aromatic heterocycles. The third kappa shape index (κ3) is 5.96. The topological polar surface area (TPSA) is 104 Å². The van der Waals surface area contributed by atoms with Crippen LogP contribution < -0.4 is 10.6 Å². The van der Waals surface area contributed by atoms with Crippen LogP contribution in [0.5, 0.6) is 0 Å². The number of carbonyl (C=O) groups excluding carboxylic acids is 3. The van der Waals surface area contributed by atoms with Gasteiger partial charge in [0, 0.05) is 42.0 Å². The first kappa shape index (κ1) is 24.8. The molecule has 3 rings (SSSR count). The lowest BCUT2D eigenvalue weighted by atomic mass is 9.81. The Morgan fingerprint density at radius 2 is 1.85 bits per heavy atom. The van der Waals surface area contributed by atoms with Gasteiger partial charge in [-0.2, -0.15) is 0 Å². The van der Waals surface area contributed by atoms with E-state index in [0.29, 0.717) is 29.8 Å². The number of aromatic amines is 1. The molecular weight excluding hydrogens is 451 g/mol. The second kappa shape index (κ2) is 9.59. The number of nitrogens with one attached hydrogen (secondary N) is 3. The first-order valence-electron chi connectivity index (χ1n) is 10.8. The number of hydrogen-bond acceptors (Lipinski definition) is 4. The lowest BCUT2D eigenvalue weighted by Gasteiger charge is -2.37. The van der Waals surface area contributed by atoms with E-state index in [2.05, 4.69) is 15.6 Å². The van der Waals surface area contributed by atoms with E-state index in [-0.39, 0.29) is 22.9 Å². The molecule has 2 aromatic rings. The number of amides is 3. The maximum atomic E-state index is 14.9. The zero-order valence-corrected chi connectivity index (χ0v) is 20.2. The summed E-state index contributed by atoms with van der Waals surface area (Å²) in [5, 5.41) is 6.18. The summed E-state index contributed by atoms with van der Waals surface area (Å²) in [5.74, 6) is -1.69. The van der Waals surface area contributed by atoms with Crippen LogP contribution in [0.1, 0.15) is 50.5 Å². The molecule has 8 nitrogen and oxygen atoms in total. The van der Waals surface area contributed by atoms with Crippen LogP contribution in [0.3, 0.4) is 0 Å². The Kier molecular flexibility index (Phi) is 7.21. The van der Waals surface area contributed by atoms with E-state index in [0.717, 1.165) is 0 Å². The minimum Gasteiger partial charge on any atom is -0.444 e. The fraction of sp³-hybridized carbons (Fsp3) is 0.522. The Morgan fingerprint density at radius 1 is 1.15 bits per heavy atom. The summed E-state index contributed by atoms with van der Waals surface area (Å²) in [6.07, 6.45) is 0.645. The predicted molar refractivity (Wildman–Crippen MR) is 124 cm³/mol. The van der Waals surface area contributed by atoms with Gasteiger partial charge < -0.3 is 25.3 Å². The first-order chi connectivity index (χ1) is 15.4. The van der Waals surface area contributed by atoms with Crippen molar-refractivity contribution in [2.75, 3.05) is 14.1 Å². The summed E-state index contributed by atoms with van der Waals surface area (Å²) in [6, 6.07) is 3.58. The summed E-state index contributed by atoms with van der Waals surface area (Å²) >= 11 is 5.95. The van der Waals surface area contributed by atoms with Crippen LogP contribution in [0.15, 0.2) is 18.2 Å². The van der Waals surface area contributed by atoms with Gasteiger partial charge in [-0.05, 0) is 58.2 Å². The number of hydrogen-bond donors (Lipinski definition) is 3. The van der Waals surface area contributed by atoms with Crippen LogP contribution in [0.4, 0.5) is 9.18 Å². The lowest BCUT2D eigenvalue weighted by molar-refractivity contribution is -0.134. The largest absolute Gasteiger partial charge is 0.444 e. The Morgan fingerprint density at radius 3 is 2.48 bits per heavy atom. The Balaban J connectivity index is 1.80. The molecular formula is C23H30ClFN4O4. The van der Waals surface area contributed by atoms with Gasteiger partial charge in [0.2, 0.25) is 5.91 Å². The number of alkyl carbamates (subject to hydrolysis) is 1.